The zero-order chi connectivity index (χ0) is 19.7. The molecular formula is C19H20FN5O2S. The number of carbonyl (C=O) groups excluding carboxylic acids is 1. The topological polar surface area (TPSA) is 80.2 Å². The number of hydrogen-bond donors (Lipinski definition) is 1. The predicted octanol–water partition coefficient (Wildman–Crippen LogP) is 3.32. The Bertz CT molecular complexity index is 1020. The Hall–Kier alpha value is -2.81. The molecular weight excluding hydrogens is 381 g/mol. The van der Waals surface area contributed by atoms with Crippen molar-refractivity contribution in [2.45, 2.75) is 25.8 Å². The summed E-state index contributed by atoms with van der Waals surface area (Å²) in [4.78, 5) is 28.1. The third-order valence-corrected chi connectivity index (χ3v) is 5.89. The maximum atomic E-state index is 14.0. The lowest BCUT2D eigenvalue weighted by Gasteiger charge is -2.16. The largest absolute Gasteiger partial charge is 0.479 e. The van der Waals surface area contributed by atoms with Crippen molar-refractivity contribution in [3.05, 3.63) is 30.5 Å². The number of nitrogens with one attached hydrogen (secondary N) is 1. The van der Waals surface area contributed by atoms with Crippen molar-refractivity contribution in [1.29, 1.82) is 0 Å². The van der Waals surface area contributed by atoms with E-state index in [1.54, 1.807) is 6.20 Å². The van der Waals surface area contributed by atoms with Crippen molar-refractivity contribution < 1.29 is 13.9 Å². The fraction of sp³-hybridized carbons (Fsp3) is 0.368. The van der Waals surface area contributed by atoms with E-state index in [1.165, 1.54) is 30.8 Å². The van der Waals surface area contributed by atoms with E-state index in [4.69, 9.17) is 4.74 Å². The fourth-order valence-corrected chi connectivity index (χ4v) is 4.32. The first-order valence-electron chi connectivity index (χ1n) is 9.07. The van der Waals surface area contributed by atoms with E-state index in [0.717, 1.165) is 33.9 Å². The third kappa shape index (κ3) is 3.49. The maximum absolute atomic E-state index is 14.0. The van der Waals surface area contributed by atoms with E-state index in [0.29, 0.717) is 18.5 Å². The predicted molar refractivity (Wildman–Crippen MR) is 106 cm³/mol. The molecule has 9 heteroatoms. The lowest BCUT2D eigenvalue weighted by atomic mass is 10.2. The molecule has 0 aromatic carbocycles. The lowest BCUT2D eigenvalue weighted by molar-refractivity contribution is -0.129. The number of nitrogens with zero attached hydrogens (tertiary/aromatic N) is 4. The molecule has 146 valence electrons. The lowest BCUT2D eigenvalue weighted by Crippen LogP contribution is -2.31. The standard InChI is InChI=1S/C19H20FN5O2S/c1-3-16(26)25-5-4-12(9-25)24-17-13-7-15(28-19(13)23-10-22-17)11-6-14(20)18(27-2)21-8-11/h6-8,10,12H,3-5,9H2,1-2H3,(H,22,23,24)/t12-/m0/s1. The Kier molecular flexibility index (Phi) is 5.08. The molecule has 1 aliphatic rings. The van der Waals surface area contributed by atoms with E-state index in [1.807, 2.05) is 17.9 Å². The van der Waals surface area contributed by atoms with Crippen molar-refractivity contribution in [1.82, 2.24) is 19.9 Å². The Morgan fingerprint density at radius 3 is 3.00 bits per heavy atom. The van der Waals surface area contributed by atoms with Crippen LogP contribution in [0.1, 0.15) is 19.8 Å². The molecule has 1 fully saturated rings. The van der Waals surface area contributed by atoms with E-state index in [-0.39, 0.29) is 17.8 Å². The summed E-state index contributed by atoms with van der Waals surface area (Å²) in [7, 11) is 1.39. The average Bonchev–Trinajstić information content (AvgIpc) is 3.35. The number of ether oxygens (including phenoxy) is 1. The van der Waals surface area contributed by atoms with Gasteiger partial charge in [-0.15, -0.1) is 11.3 Å². The van der Waals surface area contributed by atoms with Crippen molar-refractivity contribution in [2.75, 3.05) is 25.5 Å². The monoisotopic (exact) mass is 401 g/mol. The van der Waals surface area contributed by atoms with Crippen LogP contribution < -0.4 is 10.1 Å². The minimum absolute atomic E-state index is 0.0283. The molecule has 7 nitrogen and oxygen atoms in total. The second kappa shape index (κ2) is 7.67. The van der Waals surface area contributed by atoms with Crippen molar-refractivity contribution in [2.24, 2.45) is 0 Å². The quantitative estimate of drug-likeness (QED) is 0.706. The number of amides is 1. The van der Waals surface area contributed by atoms with Crippen LogP contribution in [0, 0.1) is 5.82 Å². The first-order chi connectivity index (χ1) is 13.6. The van der Waals surface area contributed by atoms with Gasteiger partial charge in [-0.1, -0.05) is 6.92 Å². The number of methoxy groups -OCH3 is 1. The van der Waals surface area contributed by atoms with Crippen LogP contribution in [0.2, 0.25) is 0 Å². The zero-order valence-corrected chi connectivity index (χ0v) is 16.4. The highest BCUT2D eigenvalue weighted by atomic mass is 32.1. The van der Waals surface area contributed by atoms with Gasteiger partial charge in [0.1, 0.15) is 17.0 Å². The molecule has 1 N–H and O–H groups in total. The smallest absolute Gasteiger partial charge is 0.250 e. The minimum Gasteiger partial charge on any atom is -0.479 e. The SMILES string of the molecule is CCC(=O)N1CC[C@H](Nc2ncnc3sc(-c4cnc(OC)c(F)c4)cc23)C1. The minimum atomic E-state index is -0.506. The summed E-state index contributed by atoms with van der Waals surface area (Å²) in [6.07, 6.45) is 4.49. The molecule has 0 spiro atoms. The van der Waals surface area contributed by atoms with Gasteiger partial charge in [-0.2, -0.15) is 0 Å². The molecule has 0 saturated carbocycles. The summed E-state index contributed by atoms with van der Waals surface area (Å²) >= 11 is 1.45. The first kappa shape index (κ1) is 18.5. The zero-order valence-electron chi connectivity index (χ0n) is 15.6. The van der Waals surface area contributed by atoms with Gasteiger partial charge in [0, 0.05) is 42.2 Å². The average molecular weight is 401 g/mol. The van der Waals surface area contributed by atoms with Crippen molar-refractivity contribution in [3.8, 4) is 16.3 Å². The highest BCUT2D eigenvalue weighted by Crippen LogP contribution is 2.36. The second-order valence-electron chi connectivity index (χ2n) is 6.59. The van der Waals surface area contributed by atoms with Crippen LogP contribution >= 0.6 is 11.3 Å². The fourth-order valence-electron chi connectivity index (χ4n) is 3.34. The highest BCUT2D eigenvalue weighted by Gasteiger charge is 2.26. The van der Waals surface area contributed by atoms with Crippen LogP contribution in [0.5, 0.6) is 5.88 Å². The molecule has 1 aliphatic heterocycles. The van der Waals surface area contributed by atoms with Crippen LogP contribution in [0.4, 0.5) is 10.2 Å². The summed E-state index contributed by atoms with van der Waals surface area (Å²) in [5.41, 5.74) is 0.660. The Balaban J connectivity index is 1.59. The van der Waals surface area contributed by atoms with Crippen molar-refractivity contribution in [3.63, 3.8) is 0 Å². The van der Waals surface area contributed by atoms with Crippen LogP contribution in [0.15, 0.2) is 24.7 Å². The van der Waals surface area contributed by atoms with Gasteiger partial charge in [0.25, 0.3) is 0 Å². The molecule has 4 rings (SSSR count). The van der Waals surface area contributed by atoms with Crippen LogP contribution in [0.3, 0.4) is 0 Å². The number of thiophene rings is 1. The number of likely N-dealkylation sites (tertiary alicyclic amines) is 1. The Morgan fingerprint density at radius 1 is 1.39 bits per heavy atom. The number of rotatable bonds is 5. The summed E-state index contributed by atoms with van der Waals surface area (Å²) in [5, 5.41) is 4.31. The molecule has 3 aromatic rings. The van der Waals surface area contributed by atoms with Gasteiger partial charge in [0.2, 0.25) is 11.8 Å². The van der Waals surface area contributed by atoms with Crippen molar-refractivity contribution >= 4 is 33.3 Å². The molecule has 1 saturated heterocycles. The molecule has 0 bridgehead atoms. The summed E-state index contributed by atoms with van der Waals surface area (Å²) < 4.78 is 18.9. The highest BCUT2D eigenvalue weighted by molar-refractivity contribution is 7.21. The molecule has 4 heterocycles. The molecule has 0 radical (unpaired) electrons. The molecule has 1 atom stereocenters. The number of anilines is 1. The molecule has 0 unspecified atom stereocenters. The van der Waals surface area contributed by atoms with Gasteiger partial charge < -0.3 is 15.0 Å². The van der Waals surface area contributed by atoms with Crippen LogP contribution in [0.25, 0.3) is 20.7 Å². The van der Waals surface area contributed by atoms with Gasteiger partial charge in [-0.05, 0) is 18.6 Å². The van der Waals surface area contributed by atoms with Gasteiger partial charge in [0.05, 0.1) is 12.5 Å². The molecule has 1 amide bonds. The number of carbonyl (C=O) groups is 1. The molecule has 28 heavy (non-hydrogen) atoms. The number of pyridine rings is 1. The molecule has 0 aliphatic carbocycles. The third-order valence-electron chi connectivity index (χ3n) is 4.80. The Morgan fingerprint density at radius 2 is 2.25 bits per heavy atom. The number of halogens is 1. The summed E-state index contributed by atoms with van der Waals surface area (Å²) in [6, 6.07) is 3.49. The van der Waals surface area contributed by atoms with Crippen LogP contribution in [-0.4, -0.2) is 52.0 Å². The van der Waals surface area contributed by atoms with E-state index in [2.05, 4.69) is 20.3 Å². The number of hydrogen-bond acceptors (Lipinski definition) is 7. The summed E-state index contributed by atoms with van der Waals surface area (Å²) in [6.45, 7) is 3.30. The van der Waals surface area contributed by atoms with E-state index in [9.17, 15) is 9.18 Å². The van der Waals surface area contributed by atoms with E-state index >= 15 is 0 Å². The van der Waals surface area contributed by atoms with Gasteiger partial charge in [0.15, 0.2) is 5.82 Å². The molecule has 3 aromatic heterocycles. The van der Waals surface area contributed by atoms with Gasteiger partial charge in [-0.25, -0.2) is 19.3 Å². The van der Waals surface area contributed by atoms with Gasteiger partial charge >= 0.3 is 0 Å². The maximum Gasteiger partial charge on any atom is 0.250 e. The first-order valence-corrected chi connectivity index (χ1v) is 9.89. The second-order valence-corrected chi connectivity index (χ2v) is 7.62. The van der Waals surface area contributed by atoms with Crippen LogP contribution in [-0.2, 0) is 4.79 Å². The number of fused-ring (bicyclic) bond motifs is 1. The summed E-state index contributed by atoms with van der Waals surface area (Å²) in [5.74, 6) is 0.363. The normalized spacial score (nSPS) is 16.5. The van der Waals surface area contributed by atoms with Gasteiger partial charge in [-0.3, -0.25) is 4.79 Å². The number of aromatic nitrogens is 3. The van der Waals surface area contributed by atoms with E-state index < -0.39 is 5.82 Å². The Labute approximate surface area is 165 Å².